The number of amides is 4. The molecule has 4 amide bonds. The molecule has 49 heavy (non-hydrogen) atoms. The van der Waals surface area contributed by atoms with Crippen LogP contribution >= 0.6 is 0 Å². The second kappa shape index (κ2) is 21.4. The van der Waals surface area contributed by atoms with Crippen molar-refractivity contribution in [1.82, 2.24) is 21.3 Å². The summed E-state index contributed by atoms with van der Waals surface area (Å²) < 4.78 is 45.7. The highest BCUT2D eigenvalue weighted by Gasteiger charge is 2.51. The summed E-state index contributed by atoms with van der Waals surface area (Å²) in [6, 6.07) is 0. The third-order valence-electron chi connectivity index (χ3n) is 9.88. The first-order valence-electron chi connectivity index (χ1n) is 18.5. The van der Waals surface area contributed by atoms with Crippen molar-refractivity contribution in [3.8, 4) is 0 Å². The maximum absolute atomic E-state index is 14.6. The van der Waals surface area contributed by atoms with E-state index in [0.29, 0.717) is 51.4 Å². The van der Waals surface area contributed by atoms with Gasteiger partial charge in [-0.15, -0.1) is 0 Å². The van der Waals surface area contributed by atoms with Crippen LogP contribution in [0.3, 0.4) is 0 Å². The maximum Gasteiger partial charge on any atom is 0.471 e. The molecular formula is C36H65F3N4O6. The first-order valence-corrected chi connectivity index (χ1v) is 18.5. The molecule has 0 radical (unpaired) electrons. The number of esters is 1. The largest absolute Gasteiger partial charge is 0.471 e. The van der Waals surface area contributed by atoms with Crippen molar-refractivity contribution in [1.29, 1.82) is 0 Å². The molecule has 0 fully saturated rings. The van der Waals surface area contributed by atoms with Gasteiger partial charge in [0.25, 0.3) is 0 Å². The predicted molar refractivity (Wildman–Crippen MR) is 185 cm³/mol. The second-order valence-electron chi connectivity index (χ2n) is 13.2. The summed E-state index contributed by atoms with van der Waals surface area (Å²) in [5.74, 6) is -4.86. The van der Waals surface area contributed by atoms with Gasteiger partial charge in [-0.25, -0.2) is 4.79 Å². The molecule has 0 aromatic carbocycles. The predicted octanol–water partition coefficient (Wildman–Crippen LogP) is 6.93. The Labute approximate surface area is 292 Å². The van der Waals surface area contributed by atoms with Crippen LogP contribution in [0.5, 0.6) is 0 Å². The number of hydrogen-bond donors (Lipinski definition) is 4. The van der Waals surface area contributed by atoms with Crippen molar-refractivity contribution in [2.45, 2.75) is 193 Å². The minimum absolute atomic E-state index is 0.0641. The van der Waals surface area contributed by atoms with Gasteiger partial charge in [0.2, 0.25) is 17.7 Å². The van der Waals surface area contributed by atoms with Crippen molar-refractivity contribution in [2.24, 2.45) is 0 Å². The third kappa shape index (κ3) is 12.5. The van der Waals surface area contributed by atoms with Crippen molar-refractivity contribution in [2.75, 3.05) is 6.61 Å². The van der Waals surface area contributed by atoms with Gasteiger partial charge in [-0.2, -0.15) is 13.2 Å². The van der Waals surface area contributed by atoms with Gasteiger partial charge < -0.3 is 26.0 Å². The molecule has 4 atom stereocenters. The average Bonchev–Trinajstić information content (AvgIpc) is 3.07. The standard InChI is InChI=1S/C36H65F3N4O6/c1-10-19-23-32(14-5,41-28(45)34(16-7,25-21-12-3)43-30(47)36(37,38)39)27(44)40-33(15-6,24-20-11-2)29(46)42-35(17-8,26-22-13-4)31(48)49-18-9/h10-26H2,1-9H3,(H,40,44)(H,41,45)(H,42,46)(H,43,47)/t32-,33-,34-,35-/m0/s1. The highest BCUT2D eigenvalue weighted by molar-refractivity contribution is 6.00. The van der Waals surface area contributed by atoms with E-state index in [9.17, 15) is 37.1 Å². The van der Waals surface area contributed by atoms with Gasteiger partial charge in [0.15, 0.2) is 0 Å². The van der Waals surface area contributed by atoms with Crippen LogP contribution in [-0.2, 0) is 28.7 Å². The summed E-state index contributed by atoms with van der Waals surface area (Å²) in [7, 11) is 0. The van der Waals surface area contributed by atoms with Crippen molar-refractivity contribution >= 4 is 29.6 Å². The van der Waals surface area contributed by atoms with Gasteiger partial charge in [0.1, 0.15) is 22.2 Å². The summed E-state index contributed by atoms with van der Waals surface area (Å²) in [4.78, 5) is 68.5. The van der Waals surface area contributed by atoms with E-state index in [4.69, 9.17) is 4.74 Å². The molecule has 0 aromatic heterocycles. The summed E-state index contributed by atoms with van der Waals surface area (Å²) in [5.41, 5.74) is -6.31. The van der Waals surface area contributed by atoms with Gasteiger partial charge in [-0.3, -0.25) is 19.2 Å². The smallest absolute Gasteiger partial charge is 0.464 e. The molecule has 0 aliphatic heterocycles. The first-order chi connectivity index (χ1) is 23.0. The summed E-state index contributed by atoms with van der Waals surface area (Å²) in [6.45, 7) is 16.2. The minimum atomic E-state index is -5.21. The number of halogens is 3. The van der Waals surface area contributed by atoms with Gasteiger partial charge >= 0.3 is 18.1 Å². The number of unbranched alkanes of at least 4 members (excludes halogenated alkanes) is 4. The van der Waals surface area contributed by atoms with Crippen LogP contribution < -0.4 is 21.3 Å². The van der Waals surface area contributed by atoms with Crippen LogP contribution in [0.1, 0.15) is 165 Å². The van der Waals surface area contributed by atoms with E-state index in [0.717, 1.165) is 6.42 Å². The number of alkyl halides is 3. The van der Waals surface area contributed by atoms with E-state index in [1.165, 1.54) is 6.92 Å². The number of nitrogens with one attached hydrogen (secondary N) is 4. The molecule has 0 saturated heterocycles. The zero-order valence-corrected chi connectivity index (χ0v) is 31.6. The van der Waals surface area contributed by atoms with Gasteiger partial charge in [-0.1, -0.05) is 107 Å². The lowest BCUT2D eigenvalue weighted by Crippen LogP contribution is -2.71. The van der Waals surface area contributed by atoms with Gasteiger partial charge in [0, 0.05) is 0 Å². The van der Waals surface area contributed by atoms with Crippen molar-refractivity contribution in [3.63, 3.8) is 0 Å². The zero-order valence-electron chi connectivity index (χ0n) is 31.6. The fourth-order valence-electron chi connectivity index (χ4n) is 6.08. The molecule has 0 saturated carbocycles. The SMILES string of the molecule is CCCC[C@](CC)(NC(=O)C(F)(F)F)C(=O)N[C@@](CC)(CCCC)C(=O)N[C@@](CC)(CCCC)C(=O)N[C@@](CC)(CCCC)C(=O)OCC. The molecule has 0 aromatic rings. The number of hydrogen-bond acceptors (Lipinski definition) is 6. The molecule has 0 spiro atoms. The molecule has 0 heterocycles. The molecule has 10 nitrogen and oxygen atoms in total. The highest BCUT2D eigenvalue weighted by Crippen LogP contribution is 2.30. The molecule has 0 bridgehead atoms. The summed E-state index contributed by atoms with van der Waals surface area (Å²) >= 11 is 0. The van der Waals surface area contributed by atoms with Crippen LogP contribution in [0.15, 0.2) is 0 Å². The Hall–Kier alpha value is -2.86. The average molecular weight is 707 g/mol. The molecule has 0 aliphatic carbocycles. The van der Waals surface area contributed by atoms with E-state index in [1.54, 1.807) is 27.7 Å². The molecule has 13 heteroatoms. The molecule has 0 rings (SSSR count). The van der Waals surface area contributed by atoms with E-state index >= 15 is 0 Å². The Balaban J connectivity index is 7.07. The number of carbonyl (C=O) groups is 5. The number of carbonyl (C=O) groups excluding carboxylic acids is 5. The van der Waals surface area contributed by atoms with Crippen LogP contribution in [0.4, 0.5) is 13.2 Å². The van der Waals surface area contributed by atoms with Crippen LogP contribution in [0, 0.1) is 0 Å². The molecule has 0 aliphatic rings. The topological polar surface area (TPSA) is 143 Å². The summed E-state index contributed by atoms with van der Waals surface area (Å²) in [5, 5.41) is 10.7. The maximum atomic E-state index is 14.6. The fraction of sp³-hybridized carbons (Fsp3) is 0.861. The quantitative estimate of drug-likeness (QED) is 0.0759. The number of rotatable bonds is 25. The van der Waals surface area contributed by atoms with Crippen LogP contribution in [-0.4, -0.2) is 64.5 Å². The molecule has 0 unspecified atom stereocenters. The molecule has 286 valence electrons. The Morgan fingerprint density at radius 2 is 0.714 bits per heavy atom. The minimum Gasteiger partial charge on any atom is -0.464 e. The van der Waals surface area contributed by atoms with Crippen molar-refractivity contribution in [3.05, 3.63) is 0 Å². The Bertz CT molecular complexity index is 1070. The van der Waals surface area contributed by atoms with Gasteiger partial charge in [-0.05, 0) is 58.3 Å². The first kappa shape index (κ1) is 46.1. The van der Waals surface area contributed by atoms with Crippen molar-refractivity contribution < 1.29 is 41.9 Å². The molecular weight excluding hydrogens is 641 g/mol. The lowest BCUT2D eigenvalue weighted by molar-refractivity contribution is -0.176. The van der Waals surface area contributed by atoms with E-state index in [2.05, 4.69) is 16.0 Å². The van der Waals surface area contributed by atoms with E-state index < -0.39 is 57.9 Å². The highest BCUT2D eigenvalue weighted by atomic mass is 19.4. The normalized spacial score (nSPS) is 16.6. The monoisotopic (exact) mass is 706 g/mol. The van der Waals surface area contributed by atoms with Gasteiger partial charge in [0.05, 0.1) is 6.61 Å². The second-order valence-corrected chi connectivity index (χ2v) is 13.2. The number of ether oxygens (including phenoxy) is 1. The summed E-state index contributed by atoms with van der Waals surface area (Å²) in [6.07, 6.45) is 0.567. The lowest BCUT2D eigenvalue weighted by Gasteiger charge is -2.43. The fourth-order valence-corrected chi connectivity index (χ4v) is 6.08. The van der Waals surface area contributed by atoms with E-state index in [-0.39, 0.29) is 51.6 Å². The van der Waals surface area contributed by atoms with E-state index in [1.807, 2.05) is 33.0 Å². The zero-order chi connectivity index (χ0) is 37.9. The van der Waals surface area contributed by atoms with Crippen LogP contribution in [0.25, 0.3) is 0 Å². The third-order valence-corrected chi connectivity index (χ3v) is 9.88. The lowest BCUT2D eigenvalue weighted by atomic mass is 9.81. The Morgan fingerprint density at radius 1 is 0.449 bits per heavy atom. The Morgan fingerprint density at radius 3 is 0.959 bits per heavy atom. The van der Waals surface area contributed by atoms with Crippen LogP contribution in [0.2, 0.25) is 0 Å². The molecule has 4 N–H and O–H groups in total. The Kier molecular flexibility index (Phi) is 20.1.